The van der Waals surface area contributed by atoms with Crippen LogP contribution in [0, 0.1) is 11.8 Å². The molecule has 0 amide bonds. The first kappa shape index (κ1) is 18.9. The van der Waals surface area contributed by atoms with Crippen molar-refractivity contribution < 1.29 is 0 Å². The van der Waals surface area contributed by atoms with Crippen LogP contribution in [0.15, 0.2) is 65.7 Å². The Kier molecular flexibility index (Phi) is 5.58. The van der Waals surface area contributed by atoms with Crippen molar-refractivity contribution in [1.82, 2.24) is 9.55 Å². The van der Waals surface area contributed by atoms with Crippen LogP contribution in [-0.2, 0) is 13.0 Å². The fourth-order valence-corrected chi connectivity index (χ4v) is 4.72. The summed E-state index contributed by atoms with van der Waals surface area (Å²) in [4.78, 5) is 19.5. The van der Waals surface area contributed by atoms with Gasteiger partial charge in [0.25, 0.3) is 5.56 Å². The Morgan fingerprint density at radius 2 is 2.00 bits per heavy atom. The van der Waals surface area contributed by atoms with E-state index < -0.39 is 0 Å². The molecule has 2 unspecified atom stereocenters. The second kappa shape index (κ2) is 8.27. The van der Waals surface area contributed by atoms with Gasteiger partial charge in [0.1, 0.15) is 4.83 Å². The Labute approximate surface area is 170 Å². The summed E-state index contributed by atoms with van der Waals surface area (Å²) in [5, 5.41) is 0.752. The quantitative estimate of drug-likeness (QED) is 0.535. The van der Waals surface area contributed by atoms with Gasteiger partial charge in [0.15, 0.2) is 0 Å². The number of benzene rings is 1. The van der Waals surface area contributed by atoms with Crippen molar-refractivity contribution in [3.05, 3.63) is 81.7 Å². The lowest BCUT2D eigenvalue weighted by Gasteiger charge is -2.05. The standard InChI is InChI=1S/C22H20N2OS.C2H6/c25-22-19-13-20(17-8-4-7-16-11-18(16)12-17)26-21(19)23-14-24(22)10-9-15-5-2-1-3-6-15;1-2/h1-7,12-14,16,18H,8-11H2;1-2H3. The summed E-state index contributed by atoms with van der Waals surface area (Å²) in [6.07, 6.45) is 11.8. The first-order valence-electron chi connectivity index (χ1n) is 10.2. The number of thiophene rings is 1. The summed E-state index contributed by atoms with van der Waals surface area (Å²) in [5.41, 5.74) is 2.66. The molecule has 1 fully saturated rings. The van der Waals surface area contributed by atoms with E-state index in [9.17, 15) is 4.79 Å². The maximum Gasteiger partial charge on any atom is 0.262 e. The molecule has 0 radical (unpaired) electrons. The van der Waals surface area contributed by atoms with Crippen molar-refractivity contribution in [2.45, 2.75) is 39.7 Å². The first-order chi connectivity index (χ1) is 13.8. The predicted octanol–water partition coefficient (Wildman–Crippen LogP) is 5.71. The Bertz CT molecular complexity index is 1070. The number of allylic oxidation sites excluding steroid dienone is 4. The highest BCUT2D eigenvalue weighted by molar-refractivity contribution is 7.19. The molecule has 2 aliphatic rings. The molecular formula is C24H26N2OS. The van der Waals surface area contributed by atoms with Crippen LogP contribution in [0.4, 0.5) is 0 Å². The summed E-state index contributed by atoms with van der Waals surface area (Å²) in [5.74, 6) is 1.44. The monoisotopic (exact) mass is 390 g/mol. The molecule has 0 aliphatic heterocycles. The first-order valence-corrected chi connectivity index (χ1v) is 11.0. The van der Waals surface area contributed by atoms with E-state index >= 15 is 0 Å². The van der Waals surface area contributed by atoms with Crippen LogP contribution >= 0.6 is 11.3 Å². The van der Waals surface area contributed by atoms with Gasteiger partial charge in [0.2, 0.25) is 0 Å². The molecule has 1 saturated carbocycles. The lowest BCUT2D eigenvalue weighted by molar-refractivity contribution is 0.663. The summed E-state index contributed by atoms with van der Waals surface area (Å²) >= 11 is 1.64. The minimum absolute atomic E-state index is 0.0718. The normalized spacial score (nSPS) is 20.0. The van der Waals surface area contributed by atoms with Gasteiger partial charge in [-0.3, -0.25) is 9.36 Å². The van der Waals surface area contributed by atoms with Gasteiger partial charge in [-0.05, 0) is 48.3 Å². The molecule has 0 bridgehead atoms. The van der Waals surface area contributed by atoms with Crippen molar-refractivity contribution in [2.24, 2.45) is 11.8 Å². The third kappa shape index (κ3) is 3.88. The third-order valence-electron chi connectivity index (χ3n) is 5.35. The van der Waals surface area contributed by atoms with E-state index in [1.807, 2.05) is 32.0 Å². The van der Waals surface area contributed by atoms with Crippen LogP contribution < -0.4 is 5.56 Å². The van der Waals surface area contributed by atoms with Crippen molar-refractivity contribution >= 4 is 27.1 Å². The number of fused-ring (bicyclic) bond motifs is 2. The van der Waals surface area contributed by atoms with Gasteiger partial charge in [0, 0.05) is 11.4 Å². The van der Waals surface area contributed by atoms with Crippen LogP contribution in [0.3, 0.4) is 0 Å². The van der Waals surface area contributed by atoms with Gasteiger partial charge >= 0.3 is 0 Å². The van der Waals surface area contributed by atoms with Crippen LogP contribution in [0.25, 0.3) is 15.8 Å². The van der Waals surface area contributed by atoms with Gasteiger partial charge in [0.05, 0.1) is 11.7 Å². The number of aromatic nitrogens is 2. The minimum Gasteiger partial charge on any atom is -0.298 e. The zero-order valence-electron chi connectivity index (χ0n) is 16.5. The second-order valence-electron chi connectivity index (χ2n) is 7.20. The third-order valence-corrected chi connectivity index (χ3v) is 6.46. The summed E-state index contributed by atoms with van der Waals surface area (Å²) in [6.45, 7) is 4.66. The molecule has 144 valence electrons. The van der Waals surface area contributed by atoms with E-state index in [1.165, 1.54) is 22.4 Å². The van der Waals surface area contributed by atoms with Crippen molar-refractivity contribution in [3.63, 3.8) is 0 Å². The molecule has 2 aliphatic carbocycles. The molecule has 0 N–H and O–H groups in total. The molecule has 0 saturated heterocycles. The van der Waals surface area contributed by atoms with E-state index in [4.69, 9.17) is 0 Å². The highest BCUT2D eigenvalue weighted by atomic mass is 32.1. The van der Waals surface area contributed by atoms with Gasteiger partial charge in [-0.2, -0.15) is 0 Å². The van der Waals surface area contributed by atoms with Gasteiger partial charge < -0.3 is 0 Å². The number of hydrogen-bond donors (Lipinski definition) is 0. The maximum atomic E-state index is 12.9. The number of rotatable bonds is 4. The maximum absolute atomic E-state index is 12.9. The van der Waals surface area contributed by atoms with Crippen LogP contribution in [0.2, 0.25) is 0 Å². The van der Waals surface area contributed by atoms with Gasteiger partial charge in [-0.15, -0.1) is 11.3 Å². The molecule has 5 rings (SSSR count). The van der Waals surface area contributed by atoms with Crippen molar-refractivity contribution in [3.8, 4) is 0 Å². The molecule has 2 atom stereocenters. The number of hydrogen-bond acceptors (Lipinski definition) is 3. The fourth-order valence-electron chi connectivity index (χ4n) is 3.70. The summed E-state index contributed by atoms with van der Waals surface area (Å²) < 4.78 is 1.74. The lowest BCUT2D eigenvalue weighted by Crippen LogP contribution is -2.20. The average molecular weight is 391 g/mol. The van der Waals surface area contributed by atoms with Crippen LogP contribution in [-0.4, -0.2) is 9.55 Å². The largest absolute Gasteiger partial charge is 0.298 e. The molecule has 1 aromatic carbocycles. The number of aryl methyl sites for hydroxylation is 2. The second-order valence-corrected chi connectivity index (χ2v) is 8.23. The van der Waals surface area contributed by atoms with Crippen molar-refractivity contribution in [1.29, 1.82) is 0 Å². The summed E-state index contributed by atoms with van der Waals surface area (Å²) in [6, 6.07) is 12.3. The Morgan fingerprint density at radius 3 is 2.82 bits per heavy atom. The van der Waals surface area contributed by atoms with Gasteiger partial charge in [-0.25, -0.2) is 4.98 Å². The van der Waals surface area contributed by atoms with E-state index in [0.717, 1.165) is 29.0 Å². The Balaban J connectivity index is 0.000000932. The topological polar surface area (TPSA) is 34.9 Å². The SMILES string of the molecule is CC.O=c1c2cc(C3=CC4CC4C=CC3)sc2ncn1CCc1ccccc1. The molecule has 3 aromatic rings. The zero-order valence-corrected chi connectivity index (χ0v) is 17.3. The minimum atomic E-state index is 0.0718. The number of nitrogens with zero attached hydrogens (tertiary/aromatic N) is 2. The molecule has 28 heavy (non-hydrogen) atoms. The van der Waals surface area contributed by atoms with E-state index in [0.29, 0.717) is 12.5 Å². The molecule has 2 heterocycles. The molecular weight excluding hydrogens is 364 g/mol. The summed E-state index contributed by atoms with van der Waals surface area (Å²) in [7, 11) is 0. The lowest BCUT2D eigenvalue weighted by atomic mass is 10.1. The van der Waals surface area contributed by atoms with Crippen molar-refractivity contribution in [2.75, 3.05) is 0 Å². The predicted molar refractivity (Wildman–Crippen MR) is 119 cm³/mol. The Morgan fingerprint density at radius 1 is 1.18 bits per heavy atom. The zero-order chi connectivity index (χ0) is 19.5. The fraction of sp³-hybridized carbons (Fsp3) is 0.333. The highest BCUT2D eigenvalue weighted by Gasteiger charge is 2.34. The van der Waals surface area contributed by atoms with Gasteiger partial charge in [-0.1, -0.05) is 62.4 Å². The highest BCUT2D eigenvalue weighted by Crippen LogP contribution is 2.45. The van der Waals surface area contributed by atoms with Crippen LogP contribution in [0.1, 0.15) is 37.1 Å². The van der Waals surface area contributed by atoms with Crippen LogP contribution in [0.5, 0.6) is 0 Å². The average Bonchev–Trinajstić information content (AvgIpc) is 3.37. The molecule has 2 aromatic heterocycles. The smallest absolute Gasteiger partial charge is 0.262 e. The van der Waals surface area contributed by atoms with E-state index in [1.54, 1.807) is 22.2 Å². The van der Waals surface area contributed by atoms with E-state index in [2.05, 4.69) is 41.4 Å². The van der Waals surface area contributed by atoms with E-state index in [-0.39, 0.29) is 5.56 Å². The molecule has 4 heteroatoms. The Hall–Kier alpha value is -2.46. The molecule has 0 spiro atoms. The molecule has 3 nitrogen and oxygen atoms in total.